The van der Waals surface area contributed by atoms with Crippen LogP contribution in [0.4, 0.5) is 0 Å². The molecule has 0 radical (unpaired) electrons. The highest BCUT2D eigenvalue weighted by Crippen LogP contribution is 2.13. The van der Waals surface area contributed by atoms with Gasteiger partial charge in [0.25, 0.3) is 0 Å². The van der Waals surface area contributed by atoms with E-state index in [0.717, 1.165) is 25.3 Å². The van der Waals surface area contributed by atoms with Crippen molar-refractivity contribution in [3.8, 4) is 5.75 Å². The monoisotopic (exact) mass is 192 g/mol. The summed E-state index contributed by atoms with van der Waals surface area (Å²) < 4.78 is 5.55. The van der Waals surface area contributed by atoms with Gasteiger partial charge in [0.05, 0.1) is 6.61 Å². The minimum Gasteiger partial charge on any atom is -0.661 e. The molecule has 0 spiro atoms. The summed E-state index contributed by atoms with van der Waals surface area (Å²) in [4.78, 5) is 0. The summed E-state index contributed by atoms with van der Waals surface area (Å²) in [6.07, 6.45) is 2.29. The Morgan fingerprint density at radius 1 is 1.21 bits per heavy atom. The van der Waals surface area contributed by atoms with Gasteiger partial charge in [0, 0.05) is 0 Å². The molecule has 0 aliphatic carbocycles. The molecule has 1 aromatic rings. The van der Waals surface area contributed by atoms with E-state index >= 15 is 0 Å². The maximum Gasteiger partial charge on any atom is 0.119 e. The first-order valence-electron chi connectivity index (χ1n) is 5.14. The molecule has 0 atom stereocenters. The predicted octanol–water partition coefficient (Wildman–Crippen LogP) is 3.37. The fourth-order valence-corrected chi connectivity index (χ4v) is 1.21. The van der Waals surface area contributed by atoms with Crippen molar-refractivity contribution in [2.24, 2.45) is 0 Å². The van der Waals surface area contributed by atoms with E-state index in [2.05, 4.69) is 24.4 Å². The van der Waals surface area contributed by atoms with Gasteiger partial charge in [-0.05, 0) is 18.6 Å². The van der Waals surface area contributed by atoms with Crippen molar-refractivity contribution in [1.29, 1.82) is 0 Å². The van der Waals surface area contributed by atoms with Gasteiger partial charge in [0.15, 0.2) is 0 Å². The Balaban J connectivity index is 2.38. The Kier molecular flexibility index (Phi) is 5.08. The standard InChI is InChI=1S/C12H18NO/c1-3-4-9-14-12-7-5-11(6-8-12)10-13-2/h5-8H,3-4,9-10H2,1-2H3/q-1. The van der Waals surface area contributed by atoms with E-state index in [1.807, 2.05) is 19.2 Å². The molecule has 0 N–H and O–H groups in total. The molecule has 2 heteroatoms. The van der Waals surface area contributed by atoms with Gasteiger partial charge >= 0.3 is 0 Å². The van der Waals surface area contributed by atoms with Crippen LogP contribution in [-0.2, 0) is 6.54 Å². The van der Waals surface area contributed by atoms with Crippen LogP contribution >= 0.6 is 0 Å². The Labute approximate surface area is 86.3 Å². The van der Waals surface area contributed by atoms with Gasteiger partial charge in [-0.25, -0.2) is 0 Å². The molecule has 0 heterocycles. The third-order valence-electron chi connectivity index (χ3n) is 2.03. The van der Waals surface area contributed by atoms with E-state index in [9.17, 15) is 0 Å². The zero-order valence-electron chi connectivity index (χ0n) is 8.99. The average molecular weight is 192 g/mol. The van der Waals surface area contributed by atoms with Crippen LogP contribution in [0.15, 0.2) is 24.3 Å². The second-order valence-corrected chi connectivity index (χ2v) is 3.32. The summed E-state index contributed by atoms with van der Waals surface area (Å²) in [5.41, 5.74) is 1.23. The van der Waals surface area contributed by atoms with Crippen LogP contribution in [0.1, 0.15) is 25.3 Å². The fourth-order valence-electron chi connectivity index (χ4n) is 1.21. The number of hydrogen-bond donors (Lipinski definition) is 0. The topological polar surface area (TPSA) is 23.3 Å². The summed E-state index contributed by atoms with van der Waals surface area (Å²) in [5, 5.41) is 4.07. The van der Waals surface area contributed by atoms with E-state index in [-0.39, 0.29) is 0 Å². The van der Waals surface area contributed by atoms with Crippen molar-refractivity contribution < 1.29 is 4.74 Å². The molecule has 0 aliphatic heterocycles. The van der Waals surface area contributed by atoms with Gasteiger partial charge in [-0.1, -0.05) is 31.0 Å². The maximum absolute atomic E-state index is 5.55. The number of benzene rings is 1. The largest absolute Gasteiger partial charge is 0.661 e. The molecule has 0 unspecified atom stereocenters. The number of rotatable bonds is 6. The van der Waals surface area contributed by atoms with Crippen molar-refractivity contribution >= 4 is 0 Å². The summed E-state index contributed by atoms with van der Waals surface area (Å²) >= 11 is 0. The Morgan fingerprint density at radius 3 is 2.50 bits per heavy atom. The van der Waals surface area contributed by atoms with Crippen LogP contribution in [0.25, 0.3) is 5.32 Å². The summed E-state index contributed by atoms with van der Waals surface area (Å²) in [6, 6.07) is 8.15. The second kappa shape index (κ2) is 6.44. The van der Waals surface area contributed by atoms with Gasteiger partial charge in [-0.3, -0.25) is 0 Å². The molecule has 0 fully saturated rings. The maximum atomic E-state index is 5.55. The first-order valence-corrected chi connectivity index (χ1v) is 5.14. The van der Waals surface area contributed by atoms with E-state index in [0.29, 0.717) is 0 Å². The molecule has 0 aromatic heterocycles. The second-order valence-electron chi connectivity index (χ2n) is 3.32. The zero-order chi connectivity index (χ0) is 10.2. The summed E-state index contributed by atoms with van der Waals surface area (Å²) in [6.45, 7) is 3.76. The first kappa shape index (κ1) is 11.1. The van der Waals surface area contributed by atoms with Gasteiger partial charge in [0.1, 0.15) is 5.75 Å². The van der Waals surface area contributed by atoms with Crippen LogP contribution in [0.2, 0.25) is 0 Å². The smallest absolute Gasteiger partial charge is 0.119 e. The lowest BCUT2D eigenvalue weighted by Gasteiger charge is -2.11. The summed E-state index contributed by atoms with van der Waals surface area (Å²) in [5.74, 6) is 0.957. The molecule has 0 saturated heterocycles. The van der Waals surface area contributed by atoms with Crippen molar-refractivity contribution in [2.45, 2.75) is 26.3 Å². The molecule has 14 heavy (non-hydrogen) atoms. The zero-order valence-corrected chi connectivity index (χ0v) is 8.99. The molecule has 0 amide bonds. The first-order chi connectivity index (χ1) is 6.86. The third-order valence-corrected chi connectivity index (χ3v) is 2.03. The number of unbranched alkanes of at least 4 members (excludes halogenated alkanes) is 1. The van der Waals surface area contributed by atoms with Gasteiger partial charge < -0.3 is 10.1 Å². The normalized spacial score (nSPS) is 10.1. The van der Waals surface area contributed by atoms with Crippen molar-refractivity contribution in [3.63, 3.8) is 0 Å². The molecule has 1 aromatic carbocycles. The van der Waals surface area contributed by atoms with Crippen LogP contribution in [0.5, 0.6) is 5.75 Å². The Bertz CT molecular complexity index is 243. The quantitative estimate of drug-likeness (QED) is 0.634. The predicted molar refractivity (Wildman–Crippen MR) is 59.8 cm³/mol. The Hall–Kier alpha value is -1.02. The minimum atomic E-state index is 0.787. The van der Waals surface area contributed by atoms with Crippen molar-refractivity contribution in [3.05, 3.63) is 35.1 Å². The SMILES string of the molecule is CCCCOc1ccc(C[N-]C)cc1. The number of nitrogens with zero attached hydrogens (tertiary/aromatic N) is 1. The van der Waals surface area contributed by atoms with Crippen molar-refractivity contribution in [1.82, 2.24) is 0 Å². The fraction of sp³-hybridized carbons (Fsp3) is 0.500. The van der Waals surface area contributed by atoms with Crippen LogP contribution in [-0.4, -0.2) is 13.7 Å². The molecule has 0 bridgehead atoms. The van der Waals surface area contributed by atoms with E-state index in [1.165, 1.54) is 12.0 Å². The van der Waals surface area contributed by atoms with Gasteiger partial charge in [0.2, 0.25) is 0 Å². The number of ether oxygens (including phenoxy) is 1. The van der Waals surface area contributed by atoms with E-state index < -0.39 is 0 Å². The minimum absolute atomic E-state index is 0.787. The molecule has 0 aliphatic rings. The van der Waals surface area contributed by atoms with E-state index in [4.69, 9.17) is 4.74 Å². The lowest BCUT2D eigenvalue weighted by atomic mass is 10.2. The Morgan fingerprint density at radius 2 is 1.93 bits per heavy atom. The molecule has 0 saturated carbocycles. The number of hydrogen-bond acceptors (Lipinski definition) is 1. The molecule has 1 rings (SSSR count). The highest BCUT2D eigenvalue weighted by Gasteiger charge is 1.92. The van der Waals surface area contributed by atoms with Crippen LogP contribution in [0, 0.1) is 0 Å². The lowest BCUT2D eigenvalue weighted by Crippen LogP contribution is -1.96. The molecule has 78 valence electrons. The highest BCUT2D eigenvalue weighted by molar-refractivity contribution is 5.28. The summed E-state index contributed by atoms with van der Waals surface area (Å²) in [7, 11) is 1.83. The molecular formula is C12H18NO-. The van der Waals surface area contributed by atoms with Crippen LogP contribution < -0.4 is 4.74 Å². The van der Waals surface area contributed by atoms with E-state index in [1.54, 1.807) is 0 Å². The molecule has 2 nitrogen and oxygen atoms in total. The molecular weight excluding hydrogens is 174 g/mol. The van der Waals surface area contributed by atoms with Crippen LogP contribution in [0.3, 0.4) is 0 Å². The highest BCUT2D eigenvalue weighted by atomic mass is 16.5. The van der Waals surface area contributed by atoms with Gasteiger partial charge in [-0.15, -0.1) is 6.54 Å². The average Bonchev–Trinajstić information content (AvgIpc) is 2.21. The third kappa shape index (κ3) is 3.79. The van der Waals surface area contributed by atoms with Gasteiger partial charge in [-0.2, -0.15) is 7.05 Å². The lowest BCUT2D eigenvalue weighted by molar-refractivity contribution is 0.309. The van der Waals surface area contributed by atoms with Crippen molar-refractivity contribution in [2.75, 3.05) is 13.7 Å².